The Hall–Kier alpha value is -1.34. The van der Waals surface area contributed by atoms with E-state index in [9.17, 15) is 0 Å². The van der Waals surface area contributed by atoms with E-state index in [0.29, 0.717) is 0 Å². The van der Waals surface area contributed by atoms with Gasteiger partial charge < -0.3 is 5.73 Å². The average Bonchev–Trinajstić information content (AvgIpc) is 3.31. The van der Waals surface area contributed by atoms with Crippen LogP contribution in [-0.4, -0.2) is 0 Å². The van der Waals surface area contributed by atoms with Crippen molar-refractivity contribution in [3.63, 3.8) is 0 Å². The highest BCUT2D eigenvalue weighted by Crippen LogP contribution is 2.49. The highest BCUT2D eigenvalue weighted by atomic mass is 14.8. The van der Waals surface area contributed by atoms with Gasteiger partial charge in [-0.3, -0.25) is 0 Å². The van der Waals surface area contributed by atoms with E-state index in [1.165, 1.54) is 48.4 Å². The van der Waals surface area contributed by atoms with E-state index in [-0.39, 0.29) is 5.54 Å². The number of benzene rings is 2. The number of fused-ring (bicyclic) bond motifs is 1. The maximum atomic E-state index is 6.90. The van der Waals surface area contributed by atoms with Crippen molar-refractivity contribution in [2.75, 3.05) is 0 Å². The molecule has 0 heterocycles. The van der Waals surface area contributed by atoms with Gasteiger partial charge in [0.15, 0.2) is 0 Å². The molecule has 0 aliphatic heterocycles. The van der Waals surface area contributed by atoms with Crippen LogP contribution in [0.3, 0.4) is 0 Å². The summed E-state index contributed by atoms with van der Waals surface area (Å²) in [5, 5.41) is 2.68. The number of hydrogen-bond acceptors (Lipinski definition) is 1. The largest absolute Gasteiger partial charge is 0.321 e. The molecule has 2 fully saturated rings. The van der Waals surface area contributed by atoms with Crippen molar-refractivity contribution in [1.82, 2.24) is 0 Å². The Morgan fingerprint density at radius 2 is 1.70 bits per heavy atom. The van der Waals surface area contributed by atoms with Crippen LogP contribution in [0.5, 0.6) is 0 Å². The van der Waals surface area contributed by atoms with Crippen LogP contribution in [-0.2, 0) is 5.54 Å². The third-order valence-electron chi connectivity index (χ3n) is 5.44. The van der Waals surface area contributed by atoms with Crippen molar-refractivity contribution in [1.29, 1.82) is 0 Å². The van der Waals surface area contributed by atoms with E-state index in [0.717, 1.165) is 18.3 Å². The fourth-order valence-electron chi connectivity index (χ4n) is 4.23. The smallest absolute Gasteiger partial charge is 0.0418 e. The molecule has 20 heavy (non-hydrogen) atoms. The molecule has 0 radical (unpaired) electrons. The van der Waals surface area contributed by atoms with Crippen molar-refractivity contribution in [3.05, 3.63) is 48.0 Å². The molecule has 2 unspecified atom stereocenters. The lowest BCUT2D eigenvalue weighted by Gasteiger charge is -2.39. The van der Waals surface area contributed by atoms with Crippen molar-refractivity contribution in [2.24, 2.45) is 17.6 Å². The van der Waals surface area contributed by atoms with Crippen molar-refractivity contribution in [2.45, 2.75) is 44.1 Å². The second kappa shape index (κ2) is 4.60. The Labute approximate surface area is 121 Å². The molecule has 2 atom stereocenters. The van der Waals surface area contributed by atoms with E-state index < -0.39 is 0 Å². The molecule has 2 aliphatic rings. The van der Waals surface area contributed by atoms with Crippen LogP contribution in [0.25, 0.3) is 10.8 Å². The Balaban J connectivity index is 1.76. The van der Waals surface area contributed by atoms with Gasteiger partial charge in [0.05, 0.1) is 0 Å². The molecule has 2 aliphatic carbocycles. The molecule has 0 bridgehead atoms. The van der Waals surface area contributed by atoms with Crippen molar-refractivity contribution in [3.8, 4) is 0 Å². The summed E-state index contributed by atoms with van der Waals surface area (Å²) < 4.78 is 0. The van der Waals surface area contributed by atoms with E-state index in [1.807, 2.05) is 0 Å². The van der Waals surface area contributed by atoms with Crippen molar-refractivity contribution >= 4 is 10.8 Å². The van der Waals surface area contributed by atoms with E-state index >= 15 is 0 Å². The van der Waals surface area contributed by atoms with E-state index in [4.69, 9.17) is 5.73 Å². The lowest BCUT2D eigenvalue weighted by atomic mass is 9.70. The van der Waals surface area contributed by atoms with Gasteiger partial charge in [0, 0.05) is 5.54 Å². The number of hydrogen-bond donors (Lipinski definition) is 1. The van der Waals surface area contributed by atoms with Gasteiger partial charge in [-0.2, -0.15) is 0 Å². The topological polar surface area (TPSA) is 26.0 Å². The van der Waals surface area contributed by atoms with Gasteiger partial charge in [0.25, 0.3) is 0 Å². The standard InChI is InChI=1S/C19H23N/c20-19(12-4-7-16(13-19)14-10-11-14)18-9-3-6-15-5-1-2-8-17(15)18/h1-3,5-6,8-9,14,16H,4,7,10-13,20H2. The summed E-state index contributed by atoms with van der Waals surface area (Å²) in [7, 11) is 0. The maximum absolute atomic E-state index is 6.90. The van der Waals surface area contributed by atoms with Gasteiger partial charge >= 0.3 is 0 Å². The summed E-state index contributed by atoms with van der Waals surface area (Å²) >= 11 is 0. The Kier molecular flexibility index (Phi) is 2.85. The first-order valence-corrected chi connectivity index (χ1v) is 8.03. The summed E-state index contributed by atoms with van der Waals surface area (Å²) in [6.45, 7) is 0. The molecule has 0 saturated heterocycles. The van der Waals surface area contributed by atoms with Gasteiger partial charge in [0.1, 0.15) is 0 Å². The first kappa shape index (κ1) is 12.4. The number of nitrogens with two attached hydrogens (primary N) is 1. The Morgan fingerprint density at radius 3 is 2.55 bits per heavy atom. The van der Waals surface area contributed by atoms with Crippen LogP contribution in [0.2, 0.25) is 0 Å². The monoisotopic (exact) mass is 265 g/mol. The Bertz CT molecular complexity index is 623. The first-order chi connectivity index (χ1) is 9.76. The van der Waals surface area contributed by atoms with Crippen LogP contribution in [0.4, 0.5) is 0 Å². The van der Waals surface area contributed by atoms with Gasteiger partial charge in [0.2, 0.25) is 0 Å². The molecule has 1 nitrogen and oxygen atoms in total. The normalized spacial score (nSPS) is 30.6. The minimum Gasteiger partial charge on any atom is -0.321 e. The minimum atomic E-state index is -0.105. The summed E-state index contributed by atoms with van der Waals surface area (Å²) in [5.74, 6) is 1.85. The molecule has 2 saturated carbocycles. The second-order valence-electron chi connectivity index (χ2n) is 6.88. The zero-order valence-electron chi connectivity index (χ0n) is 12.0. The molecular weight excluding hydrogens is 242 g/mol. The quantitative estimate of drug-likeness (QED) is 0.844. The average molecular weight is 265 g/mol. The van der Waals surface area contributed by atoms with Crippen LogP contribution < -0.4 is 5.73 Å². The van der Waals surface area contributed by atoms with E-state index in [2.05, 4.69) is 42.5 Å². The zero-order chi connectivity index (χ0) is 13.6. The molecule has 0 spiro atoms. The predicted octanol–water partition coefficient (Wildman–Crippen LogP) is 4.59. The summed E-state index contributed by atoms with van der Waals surface area (Å²) in [6, 6.07) is 15.3. The lowest BCUT2D eigenvalue weighted by Crippen LogP contribution is -2.42. The van der Waals surface area contributed by atoms with Crippen molar-refractivity contribution < 1.29 is 0 Å². The summed E-state index contributed by atoms with van der Waals surface area (Å²) in [4.78, 5) is 0. The number of rotatable bonds is 2. The molecular formula is C19H23N. The third kappa shape index (κ3) is 2.05. The summed E-state index contributed by atoms with van der Waals surface area (Å²) in [5.41, 5.74) is 8.17. The van der Waals surface area contributed by atoms with Crippen LogP contribution in [0, 0.1) is 11.8 Å². The second-order valence-corrected chi connectivity index (χ2v) is 6.88. The molecule has 1 heteroatoms. The Morgan fingerprint density at radius 1 is 0.900 bits per heavy atom. The molecule has 0 amide bonds. The van der Waals surface area contributed by atoms with Crippen LogP contribution in [0.1, 0.15) is 44.1 Å². The first-order valence-electron chi connectivity index (χ1n) is 8.03. The van der Waals surface area contributed by atoms with Crippen LogP contribution >= 0.6 is 0 Å². The molecule has 2 N–H and O–H groups in total. The third-order valence-corrected chi connectivity index (χ3v) is 5.44. The predicted molar refractivity (Wildman–Crippen MR) is 84.5 cm³/mol. The van der Waals surface area contributed by atoms with Gasteiger partial charge in [-0.1, -0.05) is 55.3 Å². The fourth-order valence-corrected chi connectivity index (χ4v) is 4.23. The summed E-state index contributed by atoms with van der Waals surface area (Å²) in [6.07, 6.45) is 7.90. The highest BCUT2D eigenvalue weighted by molar-refractivity contribution is 5.86. The van der Waals surface area contributed by atoms with Crippen LogP contribution in [0.15, 0.2) is 42.5 Å². The minimum absolute atomic E-state index is 0.105. The SMILES string of the molecule is NC1(c2cccc3ccccc23)CCCC(C2CC2)C1. The lowest BCUT2D eigenvalue weighted by molar-refractivity contribution is 0.208. The van der Waals surface area contributed by atoms with E-state index in [1.54, 1.807) is 0 Å². The molecule has 104 valence electrons. The zero-order valence-corrected chi connectivity index (χ0v) is 12.0. The molecule has 2 aromatic rings. The van der Waals surface area contributed by atoms with Gasteiger partial charge in [-0.15, -0.1) is 0 Å². The van der Waals surface area contributed by atoms with Gasteiger partial charge in [-0.05, 0) is 53.9 Å². The highest BCUT2D eigenvalue weighted by Gasteiger charge is 2.41. The maximum Gasteiger partial charge on any atom is 0.0418 e. The molecule has 0 aromatic heterocycles. The molecule has 4 rings (SSSR count). The molecule has 2 aromatic carbocycles. The van der Waals surface area contributed by atoms with Gasteiger partial charge in [-0.25, -0.2) is 0 Å². The fraction of sp³-hybridized carbons (Fsp3) is 0.474.